The summed E-state index contributed by atoms with van der Waals surface area (Å²) in [7, 11) is -1.45. The maximum atomic E-state index is 10.5. The Kier molecular flexibility index (Phi) is 7.11. The fraction of sp³-hybridized carbons (Fsp3) is 0.500. The van der Waals surface area contributed by atoms with Crippen LogP contribution in [0.4, 0.5) is 0 Å². The van der Waals surface area contributed by atoms with Crippen molar-refractivity contribution in [2.24, 2.45) is 11.8 Å². The quantitative estimate of drug-likeness (QED) is 0.571. The Morgan fingerprint density at radius 3 is 1.96 bits per heavy atom. The first-order valence-electron chi connectivity index (χ1n) is 10.1. The molecule has 0 spiro atoms. The van der Waals surface area contributed by atoms with Gasteiger partial charge in [-0.15, -0.1) is 0 Å². The highest BCUT2D eigenvalue weighted by Crippen LogP contribution is 2.29. The predicted molar refractivity (Wildman–Crippen MR) is 117 cm³/mol. The molecule has 0 fully saturated rings. The second-order valence-electron chi connectivity index (χ2n) is 9.20. The summed E-state index contributed by atoms with van der Waals surface area (Å²) in [6.07, 6.45) is 3.10. The van der Waals surface area contributed by atoms with Crippen LogP contribution in [0.15, 0.2) is 42.5 Å². The monoisotopic (exact) mass is 368 g/mol. The Morgan fingerprint density at radius 2 is 1.38 bits per heavy atom. The maximum absolute atomic E-state index is 10.5. The average molecular weight is 369 g/mol. The van der Waals surface area contributed by atoms with Crippen LogP contribution in [0.25, 0.3) is 0 Å². The number of aryl methyl sites for hydroxylation is 1. The number of aromatic hydroxyl groups is 1. The van der Waals surface area contributed by atoms with Gasteiger partial charge in [0.05, 0.1) is 8.07 Å². The molecule has 0 radical (unpaired) electrons. The molecule has 0 unspecified atom stereocenters. The van der Waals surface area contributed by atoms with E-state index >= 15 is 0 Å². The molecule has 1 nitrogen and oxygen atoms in total. The van der Waals surface area contributed by atoms with Gasteiger partial charge in [0, 0.05) is 0 Å². The van der Waals surface area contributed by atoms with Crippen molar-refractivity contribution in [3.8, 4) is 5.75 Å². The van der Waals surface area contributed by atoms with Gasteiger partial charge in [-0.25, -0.2) is 0 Å². The molecule has 0 saturated heterocycles. The minimum absolute atomic E-state index is 0.484. The Hall–Kier alpha value is -1.54. The summed E-state index contributed by atoms with van der Waals surface area (Å²) in [4.78, 5) is 0. The normalized spacial score (nSPS) is 12.2. The lowest BCUT2D eigenvalue weighted by Gasteiger charge is -2.24. The van der Waals surface area contributed by atoms with Gasteiger partial charge >= 0.3 is 0 Å². The average Bonchev–Trinajstić information content (AvgIpc) is 2.56. The molecule has 142 valence electrons. The minimum atomic E-state index is -1.45. The van der Waals surface area contributed by atoms with Crippen molar-refractivity contribution < 1.29 is 5.11 Å². The van der Waals surface area contributed by atoms with Gasteiger partial charge in [-0.05, 0) is 59.9 Å². The lowest BCUT2D eigenvalue weighted by molar-refractivity contribution is 0.460. The Labute approximate surface area is 161 Å². The molecule has 2 rings (SSSR count). The van der Waals surface area contributed by atoms with Crippen molar-refractivity contribution in [1.82, 2.24) is 0 Å². The number of benzene rings is 2. The van der Waals surface area contributed by atoms with Crippen LogP contribution in [0.1, 0.15) is 44.4 Å². The summed E-state index contributed by atoms with van der Waals surface area (Å²) in [5.41, 5.74) is 3.90. The number of phenols is 1. The molecule has 0 aromatic heterocycles. The van der Waals surface area contributed by atoms with Gasteiger partial charge in [-0.3, -0.25) is 0 Å². The molecule has 0 aliphatic heterocycles. The van der Waals surface area contributed by atoms with Gasteiger partial charge < -0.3 is 5.11 Å². The summed E-state index contributed by atoms with van der Waals surface area (Å²) < 4.78 is 0. The fourth-order valence-corrected chi connectivity index (χ4v) is 5.95. The third-order valence-corrected chi connectivity index (χ3v) is 8.63. The topological polar surface area (TPSA) is 20.2 Å². The SMILES string of the molecule is CC(C)Cc1cc(CC[Si](C)(C)c2ccccc2)c(CC(C)C)cc1O. The summed E-state index contributed by atoms with van der Waals surface area (Å²) in [6, 6.07) is 16.6. The van der Waals surface area contributed by atoms with E-state index in [1.54, 1.807) is 0 Å². The molecule has 0 amide bonds. The van der Waals surface area contributed by atoms with Crippen LogP contribution in [0.3, 0.4) is 0 Å². The van der Waals surface area contributed by atoms with Crippen molar-refractivity contribution in [3.63, 3.8) is 0 Å². The van der Waals surface area contributed by atoms with E-state index in [4.69, 9.17) is 0 Å². The molecule has 26 heavy (non-hydrogen) atoms. The van der Waals surface area contributed by atoms with E-state index in [1.165, 1.54) is 22.4 Å². The molecule has 2 heteroatoms. The molecule has 0 saturated carbocycles. The van der Waals surface area contributed by atoms with Gasteiger partial charge in [-0.2, -0.15) is 0 Å². The van der Waals surface area contributed by atoms with Crippen molar-refractivity contribution in [1.29, 1.82) is 0 Å². The summed E-state index contributed by atoms with van der Waals surface area (Å²) in [5.74, 6) is 1.64. The first kappa shape index (κ1) is 20.8. The van der Waals surface area contributed by atoms with Gasteiger partial charge in [0.2, 0.25) is 0 Å². The van der Waals surface area contributed by atoms with Crippen LogP contribution in [-0.4, -0.2) is 13.2 Å². The van der Waals surface area contributed by atoms with Crippen LogP contribution < -0.4 is 5.19 Å². The molecule has 0 atom stereocenters. The first-order valence-corrected chi connectivity index (χ1v) is 13.3. The third-order valence-electron chi connectivity index (χ3n) is 5.23. The van der Waals surface area contributed by atoms with Crippen LogP contribution in [0.5, 0.6) is 5.75 Å². The molecule has 2 aromatic rings. The van der Waals surface area contributed by atoms with E-state index in [2.05, 4.69) is 77.2 Å². The molecule has 0 heterocycles. The molecular formula is C24H36OSi. The highest BCUT2D eigenvalue weighted by molar-refractivity contribution is 6.89. The van der Waals surface area contributed by atoms with Crippen LogP contribution in [0.2, 0.25) is 19.1 Å². The number of hydrogen-bond donors (Lipinski definition) is 1. The molecule has 1 N–H and O–H groups in total. The van der Waals surface area contributed by atoms with Crippen molar-refractivity contribution in [2.75, 3.05) is 0 Å². The Morgan fingerprint density at radius 1 is 0.808 bits per heavy atom. The van der Waals surface area contributed by atoms with E-state index < -0.39 is 8.07 Å². The number of phenolic OH excluding ortho intramolecular Hbond substituents is 1. The zero-order valence-electron chi connectivity index (χ0n) is 17.5. The smallest absolute Gasteiger partial charge is 0.119 e. The van der Waals surface area contributed by atoms with E-state index in [0.717, 1.165) is 24.8 Å². The Balaban J connectivity index is 2.27. The molecule has 0 aliphatic carbocycles. The summed E-state index contributed by atoms with van der Waals surface area (Å²) in [5, 5.41) is 12.0. The molecular weight excluding hydrogens is 332 g/mol. The second-order valence-corrected chi connectivity index (χ2v) is 14.0. The van der Waals surface area contributed by atoms with Crippen molar-refractivity contribution in [2.45, 2.75) is 66.1 Å². The lowest BCUT2D eigenvalue weighted by Crippen LogP contribution is -2.41. The highest BCUT2D eigenvalue weighted by atomic mass is 28.3. The van der Waals surface area contributed by atoms with Gasteiger partial charge in [-0.1, -0.05) is 82.4 Å². The largest absolute Gasteiger partial charge is 0.508 e. The van der Waals surface area contributed by atoms with Crippen LogP contribution >= 0.6 is 0 Å². The van der Waals surface area contributed by atoms with Crippen molar-refractivity contribution >= 4 is 13.3 Å². The molecule has 2 aromatic carbocycles. The van der Waals surface area contributed by atoms with E-state index in [0.29, 0.717) is 17.6 Å². The van der Waals surface area contributed by atoms with Crippen LogP contribution in [-0.2, 0) is 19.3 Å². The van der Waals surface area contributed by atoms with Crippen molar-refractivity contribution in [3.05, 3.63) is 59.2 Å². The first-order chi connectivity index (χ1) is 12.2. The maximum Gasteiger partial charge on any atom is 0.119 e. The number of hydrogen-bond acceptors (Lipinski definition) is 1. The standard InChI is InChI=1S/C24H36OSi/c1-18(2)14-21-17-24(25)22(15-19(3)4)16-20(21)12-13-26(5,6)23-10-8-7-9-11-23/h7-11,16-19,25H,12-15H2,1-6H3. The highest BCUT2D eigenvalue weighted by Gasteiger charge is 2.23. The third kappa shape index (κ3) is 5.74. The lowest BCUT2D eigenvalue weighted by atomic mass is 9.92. The zero-order valence-corrected chi connectivity index (χ0v) is 18.5. The van der Waals surface area contributed by atoms with Gasteiger partial charge in [0.1, 0.15) is 5.75 Å². The van der Waals surface area contributed by atoms with Gasteiger partial charge in [0.15, 0.2) is 0 Å². The molecule has 0 bridgehead atoms. The van der Waals surface area contributed by atoms with E-state index in [1.807, 2.05) is 6.07 Å². The second kappa shape index (κ2) is 8.90. The predicted octanol–water partition coefficient (Wildman–Crippen LogP) is 5.95. The minimum Gasteiger partial charge on any atom is -0.508 e. The fourth-order valence-electron chi connectivity index (χ4n) is 3.67. The summed E-state index contributed by atoms with van der Waals surface area (Å²) in [6.45, 7) is 13.9. The van der Waals surface area contributed by atoms with E-state index in [9.17, 15) is 5.11 Å². The zero-order chi connectivity index (χ0) is 19.3. The van der Waals surface area contributed by atoms with Crippen LogP contribution in [0, 0.1) is 11.8 Å². The number of rotatable bonds is 8. The summed E-state index contributed by atoms with van der Waals surface area (Å²) >= 11 is 0. The van der Waals surface area contributed by atoms with E-state index in [-0.39, 0.29) is 0 Å². The van der Waals surface area contributed by atoms with Gasteiger partial charge in [0.25, 0.3) is 0 Å². The Bertz CT molecular complexity index is 702. The molecule has 0 aliphatic rings.